The number of hydrogen-bond acceptors (Lipinski definition) is 5. The number of rotatable bonds is 7. The van der Waals surface area contributed by atoms with Crippen molar-refractivity contribution < 1.29 is 18.4 Å². The first-order valence-corrected chi connectivity index (χ1v) is 6.18. The lowest BCUT2D eigenvalue weighted by Gasteiger charge is -2.02. The minimum Gasteiger partial charge on any atom is -0.403 e. The highest BCUT2D eigenvalue weighted by molar-refractivity contribution is 7.36. The first-order chi connectivity index (χ1) is 7.63. The van der Waals surface area contributed by atoms with E-state index in [1.54, 1.807) is 0 Å². The molecular formula is C7H10ClN2O5P. The molecule has 0 aromatic carbocycles. The van der Waals surface area contributed by atoms with Crippen LogP contribution in [0.25, 0.3) is 0 Å². The van der Waals surface area contributed by atoms with Gasteiger partial charge in [-0.15, -0.1) is 11.6 Å². The van der Waals surface area contributed by atoms with E-state index in [-0.39, 0.29) is 18.3 Å². The van der Waals surface area contributed by atoms with Crippen molar-refractivity contribution in [2.45, 2.75) is 6.61 Å². The molecule has 0 spiro atoms. The molecular weight excluding hydrogens is 259 g/mol. The first kappa shape index (κ1) is 13.2. The van der Waals surface area contributed by atoms with Crippen molar-refractivity contribution in [3.8, 4) is 0 Å². The Bertz CT molecular complexity index is 383. The van der Waals surface area contributed by atoms with Crippen molar-refractivity contribution >= 4 is 25.7 Å². The van der Waals surface area contributed by atoms with Crippen molar-refractivity contribution in [3.05, 3.63) is 28.0 Å². The van der Waals surface area contributed by atoms with Crippen LogP contribution in [0.1, 0.15) is 5.76 Å². The van der Waals surface area contributed by atoms with Gasteiger partial charge in [-0.05, 0) is 6.07 Å². The Morgan fingerprint density at radius 3 is 2.94 bits per heavy atom. The summed E-state index contributed by atoms with van der Waals surface area (Å²) in [5.41, 5.74) is 0. The van der Waals surface area contributed by atoms with Gasteiger partial charge in [0.1, 0.15) is 17.3 Å². The molecule has 16 heavy (non-hydrogen) atoms. The molecule has 1 heterocycles. The Labute approximate surface area is 96.8 Å². The van der Waals surface area contributed by atoms with Crippen LogP contribution in [0.5, 0.6) is 0 Å². The number of alkyl halides is 1. The molecule has 0 saturated heterocycles. The molecule has 1 atom stereocenters. The Kier molecular flexibility index (Phi) is 5.48. The first-order valence-electron chi connectivity index (χ1n) is 4.33. The standard InChI is InChI=1S/C7H10ClN2O5P/c8-3-4-9-16(13)14-5-6-1-2-7(15-6)10(11)12/h1-2,16H,3-5H2,(H,9,13). The number of nitro groups is 1. The number of hydrogen-bond donors (Lipinski definition) is 1. The summed E-state index contributed by atoms with van der Waals surface area (Å²) in [6, 6.07) is 2.61. The third kappa shape index (κ3) is 4.32. The van der Waals surface area contributed by atoms with E-state index < -0.39 is 13.1 Å². The Morgan fingerprint density at radius 2 is 2.38 bits per heavy atom. The predicted octanol–water partition coefficient (Wildman–Crippen LogP) is 1.92. The largest absolute Gasteiger partial charge is 0.433 e. The second-order valence-electron chi connectivity index (χ2n) is 2.69. The second kappa shape index (κ2) is 6.65. The van der Waals surface area contributed by atoms with Crippen LogP contribution in [-0.4, -0.2) is 17.3 Å². The highest BCUT2D eigenvalue weighted by Gasteiger charge is 2.12. The van der Waals surface area contributed by atoms with Gasteiger partial charge in [0.15, 0.2) is 0 Å². The summed E-state index contributed by atoms with van der Waals surface area (Å²) in [6.07, 6.45) is 0. The lowest BCUT2D eigenvalue weighted by atomic mass is 10.5. The zero-order chi connectivity index (χ0) is 12.0. The van der Waals surface area contributed by atoms with Gasteiger partial charge in [-0.2, -0.15) is 0 Å². The zero-order valence-corrected chi connectivity index (χ0v) is 9.90. The fourth-order valence-electron chi connectivity index (χ4n) is 0.879. The Hall–Kier alpha value is -0.880. The van der Waals surface area contributed by atoms with Crippen molar-refractivity contribution in [1.82, 2.24) is 5.09 Å². The van der Waals surface area contributed by atoms with Crippen LogP contribution in [0.2, 0.25) is 0 Å². The van der Waals surface area contributed by atoms with E-state index in [0.717, 1.165) is 0 Å². The molecule has 0 fully saturated rings. The summed E-state index contributed by atoms with van der Waals surface area (Å²) in [6.45, 7) is 0.290. The molecule has 0 amide bonds. The third-order valence-electron chi connectivity index (χ3n) is 1.54. The maximum absolute atomic E-state index is 11.1. The van der Waals surface area contributed by atoms with E-state index in [9.17, 15) is 14.7 Å². The highest BCUT2D eigenvalue weighted by Crippen LogP contribution is 2.22. The Balaban J connectivity index is 2.36. The topological polar surface area (TPSA) is 94.6 Å². The molecule has 0 bridgehead atoms. The summed E-state index contributed by atoms with van der Waals surface area (Å²) in [5.74, 6) is 0.205. The smallest absolute Gasteiger partial charge is 0.403 e. The molecule has 1 rings (SSSR count). The molecule has 0 aliphatic heterocycles. The highest BCUT2D eigenvalue weighted by atomic mass is 35.5. The average Bonchev–Trinajstić information content (AvgIpc) is 2.72. The lowest BCUT2D eigenvalue weighted by molar-refractivity contribution is -0.402. The van der Waals surface area contributed by atoms with E-state index in [0.29, 0.717) is 12.4 Å². The number of furan rings is 1. The van der Waals surface area contributed by atoms with Gasteiger partial charge in [-0.25, -0.2) is 5.09 Å². The van der Waals surface area contributed by atoms with Gasteiger partial charge < -0.3 is 8.94 Å². The summed E-state index contributed by atoms with van der Waals surface area (Å²) in [7, 11) is -2.37. The van der Waals surface area contributed by atoms with Gasteiger partial charge in [0, 0.05) is 12.4 Å². The normalized spacial score (nSPS) is 12.6. The van der Waals surface area contributed by atoms with Crippen molar-refractivity contribution in [2.75, 3.05) is 12.4 Å². The van der Waals surface area contributed by atoms with E-state index in [2.05, 4.69) is 5.09 Å². The van der Waals surface area contributed by atoms with Crippen LogP contribution >= 0.6 is 19.8 Å². The van der Waals surface area contributed by atoms with Crippen molar-refractivity contribution in [3.63, 3.8) is 0 Å². The van der Waals surface area contributed by atoms with Gasteiger partial charge in [-0.1, -0.05) is 0 Å². The lowest BCUT2D eigenvalue weighted by Crippen LogP contribution is -2.07. The molecule has 1 aromatic heterocycles. The SMILES string of the molecule is O=[N+]([O-])c1ccc(CO[PH](=O)NCCCl)o1. The maximum Gasteiger partial charge on any atom is 0.433 e. The van der Waals surface area contributed by atoms with Crippen LogP contribution in [0.15, 0.2) is 16.5 Å². The van der Waals surface area contributed by atoms with E-state index in [1.165, 1.54) is 12.1 Å². The van der Waals surface area contributed by atoms with Crippen LogP contribution in [-0.2, 0) is 15.7 Å². The van der Waals surface area contributed by atoms with Gasteiger partial charge >= 0.3 is 5.88 Å². The quantitative estimate of drug-likeness (QED) is 0.351. The van der Waals surface area contributed by atoms with E-state index in [1.807, 2.05) is 0 Å². The molecule has 0 aliphatic carbocycles. The zero-order valence-electron chi connectivity index (χ0n) is 8.14. The third-order valence-corrected chi connectivity index (χ3v) is 2.67. The van der Waals surface area contributed by atoms with E-state index >= 15 is 0 Å². The van der Waals surface area contributed by atoms with Crippen LogP contribution in [0, 0.1) is 10.1 Å². The molecule has 9 heteroatoms. The molecule has 7 nitrogen and oxygen atoms in total. The van der Waals surface area contributed by atoms with Crippen molar-refractivity contribution in [2.24, 2.45) is 0 Å². The average molecular weight is 269 g/mol. The second-order valence-corrected chi connectivity index (χ2v) is 4.28. The fraction of sp³-hybridized carbons (Fsp3) is 0.429. The molecule has 90 valence electrons. The van der Waals surface area contributed by atoms with Gasteiger partial charge in [0.2, 0.25) is 0 Å². The fourth-order valence-corrected chi connectivity index (χ4v) is 1.84. The molecule has 1 N–H and O–H groups in total. The summed E-state index contributed by atoms with van der Waals surface area (Å²) in [5, 5.41) is 12.8. The number of nitrogens with zero attached hydrogens (tertiary/aromatic N) is 1. The van der Waals surface area contributed by atoms with Crippen molar-refractivity contribution in [1.29, 1.82) is 0 Å². The number of halogens is 1. The molecule has 1 unspecified atom stereocenters. The maximum atomic E-state index is 11.1. The van der Waals surface area contributed by atoms with E-state index in [4.69, 9.17) is 20.5 Å². The van der Waals surface area contributed by atoms with Gasteiger partial charge in [0.25, 0.3) is 8.18 Å². The molecule has 0 radical (unpaired) electrons. The number of nitrogens with one attached hydrogen (secondary N) is 1. The predicted molar refractivity (Wildman–Crippen MR) is 57.9 cm³/mol. The van der Waals surface area contributed by atoms with Gasteiger partial charge in [0.05, 0.1) is 6.07 Å². The van der Waals surface area contributed by atoms with Crippen LogP contribution < -0.4 is 5.09 Å². The van der Waals surface area contributed by atoms with Crippen LogP contribution in [0.4, 0.5) is 5.88 Å². The Morgan fingerprint density at radius 1 is 1.62 bits per heavy atom. The monoisotopic (exact) mass is 268 g/mol. The minimum atomic E-state index is -2.37. The van der Waals surface area contributed by atoms with Crippen LogP contribution in [0.3, 0.4) is 0 Å². The summed E-state index contributed by atoms with van der Waals surface area (Å²) in [4.78, 5) is 9.63. The minimum absolute atomic E-state index is 0.0824. The molecule has 1 aromatic rings. The van der Waals surface area contributed by atoms with Gasteiger partial charge in [-0.3, -0.25) is 14.7 Å². The molecule has 0 aliphatic rings. The molecule has 0 saturated carbocycles. The summed E-state index contributed by atoms with van der Waals surface area (Å²) >= 11 is 5.37. The summed E-state index contributed by atoms with van der Waals surface area (Å²) < 4.78 is 20.8.